The molecule has 2 atom stereocenters. The van der Waals surface area contributed by atoms with Crippen LogP contribution in [0.5, 0.6) is 0 Å². The monoisotopic (exact) mass is 322 g/mol. The average molecular weight is 322 g/mol. The number of likely N-dealkylation sites (tertiary alicyclic amines) is 1. The highest BCUT2D eigenvalue weighted by molar-refractivity contribution is 5.24. The minimum absolute atomic E-state index is 0.103. The van der Waals surface area contributed by atoms with Gasteiger partial charge in [-0.05, 0) is 19.4 Å². The van der Waals surface area contributed by atoms with Gasteiger partial charge < -0.3 is 9.47 Å². The van der Waals surface area contributed by atoms with Gasteiger partial charge in [0.25, 0.3) is 0 Å². The summed E-state index contributed by atoms with van der Waals surface area (Å²) in [6, 6.07) is 5.75. The van der Waals surface area contributed by atoms with E-state index in [1.807, 2.05) is 19.1 Å². The van der Waals surface area contributed by atoms with Gasteiger partial charge in [0.2, 0.25) is 0 Å². The van der Waals surface area contributed by atoms with Crippen molar-refractivity contribution in [3.05, 3.63) is 35.1 Å². The SMILES string of the molecule is COCCN1CCO[C@@H]2CCN(Cc3cc(C)ccc3F)C[C@H]21. The van der Waals surface area contributed by atoms with Crippen molar-refractivity contribution in [2.24, 2.45) is 0 Å². The number of rotatable bonds is 5. The summed E-state index contributed by atoms with van der Waals surface area (Å²) in [4.78, 5) is 4.82. The summed E-state index contributed by atoms with van der Waals surface area (Å²) in [6.45, 7) is 8.03. The molecule has 1 aromatic carbocycles. The maximum Gasteiger partial charge on any atom is 0.127 e. The first-order valence-corrected chi connectivity index (χ1v) is 8.49. The van der Waals surface area contributed by atoms with Gasteiger partial charge in [-0.25, -0.2) is 4.39 Å². The highest BCUT2D eigenvalue weighted by atomic mass is 19.1. The number of ether oxygens (including phenoxy) is 2. The fourth-order valence-corrected chi connectivity index (χ4v) is 3.70. The summed E-state index contributed by atoms with van der Waals surface area (Å²) < 4.78 is 25.2. The van der Waals surface area contributed by atoms with Crippen molar-refractivity contribution in [3.8, 4) is 0 Å². The topological polar surface area (TPSA) is 24.9 Å². The van der Waals surface area contributed by atoms with E-state index in [2.05, 4.69) is 9.80 Å². The number of morpholine rings is 1. The summed E-state index contributed by atoms with van der Waals surface area (Å²) in [5, 5.41) is 0. The number of fused-ring (bicyclic) bond motifs is 1. The Labute approximate surface area is 138 Å². The second kappa shape index (κ2) is 7.71. The van der Waals surface area contributed by atoms with Crippen LogP contribution in [0.1, 0.15) is 17.5 Å². The Kier molecular flexibility index (Phi) is 5.64. The molecule has 0 saturated carbocycles. The van der Waals surface area contributed by atoms with E-state index < -0.39 is 0 Å². The van der Waals surface area contributed by atoms with Crippen LogP contribution in [0.2, 0.25) is 0 Å². The molecule has 0 unspecified atom stereocenters. The fourth-order valence-electron chi connectivity index (χ4n) is 3.70. The smallest absolute Gasteiger partial charge is 0.127 e. The molecule has 128 valence electrons. The highest BCUT2D eigenvalue weighted by Gasteiger charge is 2.36. The molecular formula is C18H27FN2O2. The number of benzene rings is 1. The second-order valence-corrected chi connectivity index (χ2v) is 6.62. The molecular weight excluding hydrogens is 295 g/mol. The lowest BCUT2D eigenvalue weighted by Gasteiger charge is -2.47. The summed E-state index contributed by atoms with van der Waals surface area (Å²) in [6.07, 6.45) is 1.32. The van der Waals surface area contributed by atoms with E-state index in [0.29, 0.717) is 18.7 Å². The van der Waals surface area contributed by atoms with Crippen LogP contribution < -0.4 is 0 Å². The van der Waals surface area contributed by atoms with E-state index in [-0.39, 0.29) is 5.82 Å². The van der Waals surface area contributed by atoms with Crippen molar-refractivity contribution >= 4 is 0 Å². The van der Waals surface area contributed by atoms with Gasteiger partial charge in [0, 0.05) is 51.4 Å². The van der Waals surface area contributed by atoms with E-state index in [0.717, 1.165) is 56.9 Å². The molecule has 0 amide bonds. The lowest BCUT2D eigenvalue weighted by atomic mass is 9.98. The molecule has 1 aromatic rings. The molecule has 0 N–H and O–H groups in total. The molecule has 4 nitrogen and oxygen atoms in total. The van der Waals surface area contributed by atoms with Crippen LogP contribution in [0, 0.1) is 12.7 Å². The fraction of sp³-hybridized carbons (Fsp3) is 0.667. The van der Waals surface area contributed by atoms with Crippen molar-refractivity contribution in [1.29, 1.82) is 0 Å². The Balaban J connectivity index is 1.65. The van der Waals surface area contributed by atoms with Gasteiger partial charge in [0.05, 0.1) is 19.3 Å². The van der Waals surface area contributed by atoms with Crippen LogP contribution in [0.3, 0.4) is 0 Å². The predicted molar refractivity (Wildman–Crippen MR) is 88.0 cm³/mol. The third kappa shape index (κ3) is 4.10. The molecule has 0 radical (unpaired) electrons. The lowest BCUT2D eigenvalue weighted by Crippen LogP contribution is -2.60. The zero-order chi connectivity index (χ0) is 16.2. The van der Waals surface area contributed by atoms with Crippen LogP contribution in [0.25, 0.3) is 0 Å². The molecule has 5 heteroatoms. The normalized spacial score (nSPS) is 26.2. The predicted octanol–water partition coefficient (Wildman–Crippen LogP) is 2.06. The zero-order valence-corrected chi connectivity index (χ0v) is 14.1. The maximum absolute atomic E-state index is 14.0. The quantitative estimate of drug-likeness (QED) is 0.828. The summed E-state index contributed by atoms with van der Waals surface area (Å²) in [7, 11) is 1.74. The zero-order valence-electron chi connectivity index (χ0n) is 14.1. The van der Waals surface area contributed by atoms with Gasteiger partial charge in [0.1, 0.15) is 5.82 Å². The van der Waals surface area contributed by atoms with Gasteiger partial charge in [-0.15, -0.1) is 0 Å². The van der Waals surface area contributed by atoms with Gasteiger partial charge >= 0.3 is 0 Å². The molecule has 2 saturated heterocycles. The molecule has 0 aromatic heterocycles. The first-order chi connectivity index (χ1) is 11.2. The molecule has 3 rings (SSSR count). The second-order valence-electron chi connectivity index (χ2n) is 6.62. The Bertz CT molecular complexity index is 526. The molecule has 2 aliphatic heterocycles. The highest BCUT2D eigenvalue weighted by Crippen LogP contribution is 2.24. The number of nitrogens with zero attached hydrogens (tertiary/aromatic N) is 2. The standard InChI is InChI=1S/C18H27FN2O2/c1-14-3-4-16(19)15(11-14)12-20-6-5-18-17(13-20)21(7-9-22-2)8-10-23-18/h3-4,11,17-18H,5-10,12-13H2,1-2H3/t17-,18-/m1/s1. The van der Waals surface area contributed by atoms with Gasteiger partial charge in [-0.3, -0.25) is 9.80 Å². The van der Waals surface area contributed by atoms with Crippen molar-refractivity contribution in [2.75, 3.05) is 46.5 Å². The number of halogens is 1. The number of methoxy groups -OCH3 is 1. The van der Waals surface area contributed by atoms with Crippen LogP contribution in [0.4, 0.5) is 4.39 Å². The van der Waals surface area contributed by atoms with Gasteiger partial charge in [-0.2, -0.15) is 0 Å². The lowest BCUT2D eigenvalue weighted by molar-refractivity contribution is -0.107. The third-order valence-electron chi connectivity index (χ3n) is 4.96. The molecule has 2 aliphatic rings. The van der Waals surface area contributed by atoms with E-state index in [9.17, 15) is 4.39 Å². The Morgan fingerprint density at radius 3 is 3.04 bits per heavy atom. The Morgan fingerprint density at radius 2 is 2.22 bits per heavy atom. The van der Waals surface area contributed by atoms with E-state index >= 15 is 0 Å². The summed E-state index contributed by atoms with van der Waals surface area (Å²) in [5.41, 5.74) is 1.91. The molecule has 0 bridgehead atoms. The van der Waals surface area contributed by atoms with Crippen molar-refractivity contribution < 1.29 is 13.9 Å². The van der Waals surface area contributed by atoms with Crippen LogP contribution >= 0.6 is 0 Å². The van der Waals surface area contributed by atoms with Crippen LogP contribution in [-0.2, 0) is 16.0 Å². The largest absolute Gasteiger partial charge is 0.383 e. The first kappa shape index (κ1) is 16.8. The van der Waals surface area contributed by atoms with Gasteiger partial charge in [0.15, 0.2) is 0 Å². The maximum atomic E-state index is 14.0. The molecule has 0 spiro atoms. The first-order valence-electron chi connectivity index (χ1n) is 8.49. The Morgan fingerprint density at radius 1 is 1.35 bits per heavy atom. The summed E-state index contributed by atoms with van der Waals surface area (Å²) in [5.74, 6) is -0.103. The Hall–Kier alpha value is -1.01. The summed E-state index contributed by atoms with van der Waals surface area (Å²) >= 11 is 0. The van der Waals surface area contributed by atoms with Crippen LogP contribution in [-0.4, -0.2) is 68.4 Å². The van der Waals surface area contributed by atoms with Gasteiger partial charge in [-0.1, -0.05) is 17.7 Å². The molecule has 2 fully saturated rings. The third-order valence-corrected chi connectivity index (χ3v) is 4.96. The van der Waals surface area contributed by atoms with Crippen molar-refractivity contribution in [3.63, 3.8) is 0 Å². The van der Waals surface area contributed by atoms with E-state index in [4.69, 9.17) is 9.47 Å². The minimum atomic E-state index is -0.103. The molecule has 2 heterocycles. The van der Waals surface area contributed by atoms with Crippen LogP contribution in [0.15, 0.2) is 18.2 Å². The number of aryl methyl sites for hydroxylation is 1. The molecule has 0 aliphatic carbocycles. The minimum Gasteiger partial charge on any atom is -0.383 e. The number of piperidine rings is 1. The average Bonchev–Trinajstić information content (AvgIpc) is 2.56. The van der Waals surface area contributed by atoms with E-state index in [1.165, 1.54) is 0 Å². The molecule has 23 heavy (non-hydrogen) atoms. The van der Waals surface area contributed by atoms with Crippen molar-refractivity contribution in [1.82, 2.24) is 9.80 Å². The number of hydrogen-bond acceptors (Lipinski definition) is 4. The van der Waals surface area contributed by atoms with Crippen molar-refractivity contribution in [2.45, 2.75) is 32.0 Å². The number of hydrogen-bond donors (Lipinski definition) is 0. The van der Waals surface area contributed by atoms with E-state index in [1.54, 1.807) is 13.2 Å².